The minimum Gasteiger partial charge on any atom is -0.487 e. The van der Waals surface area contributed by atoms with E-state index in [1.54, 1.807) is 11.8 Å². The third-order valence-electron chi connectivity index (χ3n) is 4.54. The Morgan fingerprint density at radius 2 is 1.85 bits per heavy atom. The van der Waals surface area contributed by atoms with Crippen LogP contribution in [-0.2, 0) is 6.61 Å². The number of nitrogens with zero attached hydrogens (tertiary/aromatic N) is 2. The van der Waals surface area contributed by atoms with E-state index in [1.807, 2.05) is 24.3 Å². The maximum Gasteiger partial charge on any atom is 0.264 e. The van der Waals surface area contributed by atoms with Gasteiger partial charge in [0.15, 0.2) is 23.9 Å². The van der Waals surface area contributed by atoms with Gasteiger partial charge in [-0.15, -0.1) is 0 Å². The molecular formula is C18H28N4O4+2. The Bertz CT molecular complexity index is 685. The predicted molar refractivity (Wildman–Crippen MR) is 93.5 cm³/mol. The van der Waals surface area contributed by atoms with E-state index in [4.69, 9.17) is 14.0 Å². The molecule has 0 unspecified atom stereocenters. The summed E-state index contributed by atoms with van der Waals surface area (Å²) in [5, 5.41) is 14.0. The number of hydrogen-bond donors (Lipinski definition) is 3. The van der Waals surface area contributed by atoms with Crippen LogP contribution < -0.4 is 19.3 Å². The molecule has 1 aliphatic heterocycles. The number of rotatable bonds is 8. The maximum atomic E-state index is 10.3. The first kappa shape index (κ1) is 18.6. The van der Waals surface area contributed by atoms with Crippen molar-refractivity contribution in [1.82, 2.24) is 10.1 Å². The lowest BCUT2D eigenvalue weighted by Gasteiger charge is -2.28. The number of ether oxygens (including phenoxy) is 2. The van der Waals surface area contributed by atoms with Crippen LogP contribution in [0.4, 0.5) is 0 Å². The van der Waals surface area contributed by atoms with Crippen molar-refractivity contribution in [1.29, 1.82) is 0 Å². The Hall–Kier alpha value is -2.16. The number of benzene rings is 1. The molecule has 0 aliphatic carbocycles. The van der Waals surface area contributed by atoms with E-state index >= 15 is 0 Å². The lowest BCUT2D eigenvalue weighted by molar-refractivity contribution is -1.00. The molecule has 0 spiro atoms. The van der Waals surface area contributed by atoms with Crippen LogP contribution in [0.1, 0.15) is 11.7 Å². The van der Waals surface area contributed by atoms with Crippen LogP contribution in [0.25, 0.3) is 0 Å². The number of piperazine rings is 1. The van der Waals surface area contributed by atoms with Gasteiger partial charge in [0.25, 0.3) is 5.89 Å². The van der Waals surface area contributed by atoms with Gasteiger partial charge in [0.1, 0.15) is 45.4 Å². The van der Waals surface area contributed by atoms with Crippen LogP contribution in [0.3, 0.4) is 0 Å². The summed E-state index contributed by atoms with van der Waals surface area (Å²) < 4.78 is 16.6. The van der Waals surface area contributed by atoms with Crippen molar-refractivity contribution in [3.8, 4) is 11.5 Å². The molecule has 0 bridgehead atoms. The van der Waals surface area contributed by atoms with Crippen molar-refractivity contribution >= 4 is 0 Å². The number of aliphatic hydroxyl groups excluding tert-OH is 1. The smallest absolute Gasteiger partial charge is 0.264 e. The summed E-state index contributed by atoms with van der Waals surface area (Å²) in [6.45, 7) is 7.36. The molecule has 3 N–H and O–H groups in total. The van der Waals surface area contributed by atoms with Crippen molar-refractivity contribution in [2.24, 2.45) is 0 Å². The number of likely N-dealkylation sites (N-methyl/N-ethyl adjacent to an activating group) is 1. The molecule has 0 saturated carbocycles. The third-order valence-corrected chi connectivity index (χ3v) is 4.54. The summed E-state index contributed by atoms with van der Waals surface area (Å²) in [6, 6.07) is 7.39. The van der Waals surface area contributed by atoms with Gasteiger partial charge in [0, 0.05) is 0 Å². The van der Waals surface area contributed by atoms with Gasteiger partial charge in [-0.1, -0.05) is 17.3 Å². The fraction of sp³-hybridized carbons (Fsp3) is 0.556. The van der Waals surface area contributed by atoms with Crippen molar-refractivity contribution in [3.05, 3.63) is 36.0 Å². The Kier molecular flexibility index (Phi) is 6.43. The first-order valence-electron chi connectivity index (χ1n) is 9.07. The molecule has 26 heavy (non-hydrogen) atoms. The van der Waals surface area contributed by atoms with Crippen LogP contribution in [0.5, 0.6) is 11.5 Å². The Balaban J connectivity index is 1.48. The molecule has 8 nitrogen and oxygen atoms in total. The fourth-order valence-corrected chi connectivity index (χ4v) is 3.04. The van der Waals surface area contributed by atoms with Crippen LogP contribution in [0, 0.1) is 6.92 Å². The van der Waals surface area contributed by atoms with Crippen molar-refractivity contribution in [2.75, 3.05) is 46.4 Å². The van der Waals surface area contributed by atoms with Gasteiger partial charge >= 0.3 is 0 Å². The van der Waals surface area contributed by atoms with E-state index in [0.717, 1.165) is 26.2 Å². The maximum absolute atomic E-state index is 10.3. The van der Waals surface area contributed by atoms with Gasteiger partial charge in [-0.25, -0.2) is 0 Å². The summed E-state index contributed by atoms with van der Waals surface area (Å²) in [4.78, 5) is 7.10. The second-order valence-corrected chi connectivity index (χ2v) is 6.85. The molecule has 8 heteroatoms. The van der Waals surface area contributed by atoms with Crippen molar-refractivity contribution in [3.63, 3.8) is 0 Å². The summed E-state index contributed by atoms with van der Waals surface area (Å²) in [6.07, 6.45) is -0.505. The fourth-order valence-electron chi connectivity index (χ4n) is 3.04. The molecule has 3 rings (SSSR count). The van der Waals surface area contributed by atoms with Crippen LogP contribution in [0.2, 0.25) is 0 Å². The van der Waals surface area contributed by atoms with Crippen LogP contribution in [0.15, 0.2) is 28.8 Å². The number of quaternary nitrogens is 2. The topological polar surface area (TPSA) is 86.5 Å². The molecule has 1 saturated heterocycles. The molecule has 1 aromatic carbocycles. The van der Waals surface area contributed by atoms with E-state index in [-0.39, 0.29) is 13.2 Å². The molecule has 0 radical (unpaired) electrons. The lowest BCUT2D eigenvalue weighted by atomic mass is 10.2. The average Bonchev–Trinajstić information content (AvgIpc) is 3.06. The normalized spacial score (nSPS) is 21.3. The highest BCUT2D eigenvalue weighted by Gasteiger charge is 2.23. The van der Waals surface area contributed by atoms with E-state index < -0.39 is 6.10 Å². The quantitative estimate of drug-likeness (QED) is 0.508. The third kappa shape index (κ3) is 5.42. The molecule has 1 fully saturated rings. The van der Waals surface area contributed by atoms with Gasteiger partial charge in [0.2, 0.25) is 0 Å². The Labute approximate surface area is 153 Å². The van der Waals surface area contributed by atoms with Gasteiger partial charge < -0.3 is 28.9 Å². The number of aromatic nitrogens is 2. The number of aliphatic hydroxyl groups is 1. The zero-order chi connectivity index (χ0) is 18.4. The second-order valence-electron chi connectivity index (χ2n) is 6.85. The van der Waals surface area contributed by atoms with Gasteiger partial charge in [-0.2, -0.15) is 4.98 Å². The average molecular weight is 364 g/mol. The molecular weight excluding hydrogens is 336 g/mol. The Morgan fingerprint density at radius 1 is 1.15 bits per heavy atom. The molecule has 142 valence electrons. The molecule has 1 aliphatic rings. The SMILES string of the molecule is Cc1noc(COc2ccccc2OC[C@H](O)C[NH+]2CC[NH+](C)CC2)n1. The van der Waals surface area contributed by atoms with E-state index in [9.17, 15) is 5.11 Å². The number of hydrogen-bond acceptors (Lipinski definition) is 6. The summed E-state index contributed by atoms with van der Waals surface area (Å²) in [5.41, 5.74) is 0. The highest BCUT2D eigenvalue weighted by atomic mass is 16.5. The first-order chi connectivity index (χ1) is 12.6. The molecule has 0 amide bonds. The highest BCUT2D eigenvalue weighted by Crippen LogP contribution is 2.27. The van der Waals surface area contributed by atoms with E-state index in [0.29, 0.717) is 29.8 Å². The minimum absolute atomic E-state index is 0.178. The molecule has 2 aromatic rings. The zero-order valence-electron chi connectivity index (χ0n) is 15.4. The van der Waals surface area contributed by atoms with Crippen molar-refractivity contribution < 1.29 is 28.9 Å². The predicted octanol–water partition coefficient (Wildman–Crippen LogP) is -1.89. The highest BCUT2D eigenvalue weighted by molar-refractivity contribution is 5.39. The van der Waals surface area contributed by atoms with Gasteiger partial charge in [0.05, 0.1) is 7.05 Å². The number of aryl methyl sites for hydroxylation is 1. The van der Waals surface area contributed by atoms with Crippen LogP contribution in [-0.4, -0.2) is 67.7 Å². The molecule has 1 aromatic heterocycles. The number of nitrogens with one attached hydrogen (secondary N) is 2. The monoisotopic (exact) mass is 364 g/mol. The van der Waals surface area contributed by atoms with Gasteiger partial charge in [-0.3, -0.25) is 0 Å². The minimum atomic E-state index is -0.505. The summed E-state index contributed by atoms with van der Waals surface area (Å²) in [5.74, 6) is 2.18. The summed E-state index contributed by atoms with van der Waals surface area (Å²) >= 11 is 0. The zero-order valence-corrected chi connectivity index (χ0v) is 15.4. The van der Waals surface area contributed by atoms with Gasteiger partial charge in [-0.05, 0) is 19.1 Å². The van der Waals surface area contributed by atoms with E-state index in [1.165, 1.54) is 4.90 Å². The number of para-hydroxylation sites is 2. The standard InChI is InChI=1S/C18H26N4O4/c1-14-19-18(26-20-14)13-25-17-6-4-3-5-16(17)24-12-15(23)11-22-9-7-21(2)8-10-22/h3-6,15,23H,7-13H2,1-2H3/p+2/t15-/m1/s1. The largest absolute Gasteiger partial charge is 0.487 e. The molecule has 2 heterocycles. The summed E-state index contributed by atoms with van der Waals surface area (Å²) in [7, 11) is 2.21. The van der Waals surface area contributed by atoms with Crippen molar-refractivity contribution in [2.45, 2.75) is 19.6 Å². The second kappa shape index (κ2) is 8.98. The first-order valence-corrected chi connectivity index (χ1v) is 9.07. The van der Waals surface area contributed by atoms with E-state index in [2.05, 4.69) is 17.2 Å². The Morgan fingerprint density at radius 3 is 2.50 bits per heavy atom. The van der Waals surface area contributed by atoms with Crippen LogP contribution >= 0.6 is 0 Å². The molecule has 1 atom stereocenters. The lowest BCUT2D eigenvalue weighted by Crippen LogP contribution is -3.27.